The molecule has 0 atom stereocenters. The Hall–Kier alpha value is -2.73. The van der Waals surface area contributed by atoms with Gasteiger partial charge in [0, 0.05) is 12.1 Å². The van der Waals surface area contributed by atoms with Gasteiger partial charge in [0.05, 0.1) is 19.3 Å². The summed E-state index contributed by atoms with van der Waals surface area (Å²) in [6.45, 7) is 3.48. The zero-order valence-corrected chi connectivity index (χ0v) is 14.2. The third-order valence-corrected chi connectivity index (χ3v) is 3.82. The molecule has 3 aromatic rings. The van der Waals surface area contributed by atoms with Gasteiger partial charge in [-0.05, 0) is 42.6 Å². The summed E-state index contributed by atoms with van der Waals surface area (Å²) >= 11 is 0. The Bertz CT molecular complexity index is 800. The molecule has 6 heteroatoms. The summed E-state index contributed by atoms with van der Waals surface area (Å²) in [4.78, 5) is 2.17. The normalized spacial score (nSPS) is 11.0. The molecule has 2 aromatic carbocycles. The standard InChI is InChI=1S/C18H21N5O/c1-14-9-10-17(24-3)15(11-14)12-22(2)13-18-19-20-21-23(18)16-7-5-4-6-8-16/h4-11H,12-13H2,1-3H3. The highest BCUT2D eigenvalue weighted by atomic mass is 16.5. The minimum absolute atomic E-state index is 0.638. The fraction of sp³-hybridized carbons (Fsp3) is 0.278. The maximum Gasteiger partial charge on any atom is 0.170 e. The third kappa shape index (κ3) is 3.60. The number of rotatable bonds is 6. The number of aromatic nitrogens is 4. The summed E-state index contributed by atoms with van der Waals surface area (Å²) in [7, 11) is 3.75. The van der Waals surface area contributed by atoms with E-state index in [2.05, 4.69) is 39.5 Å². The van der Waals surface area contributed by atoms with Crippen LogP contribution in [0.2, 0.25) is 0 Å². The Labute approximate surface area is 141 Å². The summed E-state index contributed by atoms with van der Waals surface area (Å²) in [5.41, 5.74) is 3.33. The highest BCUT2D eigenvalue weighted by Gasteiger charge is 2.13. The first-order chi connectivity index (χ1) is 11.7. The maximum absolute atomic E-state index is 5.46. The molecule has 0 aliphatic rings. The number of hydrogen-bond acceptors (Lipinski definition) is 5. The zero-order chi connectivity index (χ0) is 16.9. The van der Waals surface area contributed by atoms with E-state index >= 15 is 0 Å². The van der Waals surface area contributed by atoms with Crippen molar-refractivity contribution in [3.63, 3.8) is 0 Å². The lowest BCUT2D eigenvalue weighted by atomic mass is 10.1. The second kappa shape index (κ2) is 7.23. The first-order valence-electron chi connectivity index (χ1n) is 7.82. The largest absolute Gasteiger partial charge is 0.496 e. The zero-order valence-electron chi connectivity index (χ0n) is 14.2. The van der Waals surface area contributed by atoms with Crippen molar-refractivity contribution in [2.45, 2.75) is 20.0 Å². The van der Waals surface area contributed by atoms with Gasteiger partial charge in [0.2, 0.25) is 0 Å². The van der Waals surface area contributed by atoms with Gasteiger partial charge in [-0.1, -0.05) is 35.9 Å². The van der Waals surface area contributed by atoms with E-state index in [0.29, 0.717) is 6.54 Å². The first-order valence-corrected chi connectivity index (χ1v) is 7.82. The summed E-state index contributed by atoms with van der Waals surface area (Å²) in [5, 5.41) is 12.1. The van der Waals surface area contributed by atoms with Crippen LogP contribution < -0.4 is 4.74 Å². The van der Waals surface area contributed by atoms with Crippen molar-refractivity contribution in [1.29, 1.82) is 0 Å². The predicted molar refractivity (Wildman–Crippen MR) is 92.1 cm³/mol. The quantitative estimate of drug-likeness (QED) is 0.698. The van der Waals surface area contributed by atoms with Gasteiger partial charge >= 0.3 is 0 Å². The van der Waals surface area contributed by atoms with Gasteiger partial charge in [0.25, 0.3) is 0 Å². The van der Waals surface area contributed by atoms with E-state index in [-0.39, 0.29) is 0 Å². The minimum Gasteiger partial charge on any atom is -0.496 e. The van der Waals surface area contributed by atoms with Crippen LogP contribution in [0.25, 0.3) is 5.69 Å². The lowest BCUT2D eigenvalue weighted by molar-refractivity contribution is 0.300. The minimum atomic E-state index is 0.638. The third-order valence-electron chi connectivity index (χ3n) is 3.82. The molecule has 24 heavy (non-hydrogen) atoms. The number of para-hydroxylation sites is 1. The average molecular weight is 323 g/mol. The molecule has 0 unspecified atom stereocenters. The van der Waals surface area contributed by atoms with Crippen molar-refractivity contribution in [3.8, 4) is 11.4 Å². The van der Waals surface area contributed by atoms with E-state index in [0.717, 1.165) is 29.4 Å². The van der Waals surface area contributed by atoms with Gasteiger partial charge in [-0.15, -0.1) is 5.10 Å². The van der Waals surface area contributed by atoms with Crippen LogP contribution in [0, 0.1) is 6.92 Å². The molecule has 0 aliphatic heterocycles. The van der Waals surface area contributed by atoms with Crippen LogP contribution in [-0.4, -0.2) is 39.3 Å². The van der Waals surface area contributed by atoms with Crippen LogP contribution in [-0.2, 0) is 13.1 Å². The molecule has 124 valence electrons. The molecule has 1 heterocycles. The predicted octanol–water partition coefficient (Wildman–Crippen LogP) is 2.61. The van der Waals surface area contributed by atoms with Crippen LogP contribution in [0.4, 0.5) is 0 Å². The SMILES string of the molecule is COc1ccc(C)cc1CN(C)Cc1nnnn1-c1ccccc1. The van der Waals surface area contributed by atoms with Crippen LogP contribution in [0.3, 0.4) is 0 Å². The Balaban J connectivity index is 1.76. The highest BCUT2D eigenvalue weighted by molar-refractivity contribution is 5.36. The number of ether oxygens (including phenoxy) is 1. The van der Waals surface area contributed by atoms with E-state index in [1.54, 1.807) is 11.8 Å². The van der Waals surface area contributed by atoms with Crippen molar-refractivity contribution in [2.75, 3.05) is 14.2 Å². The fourth-order valence-corrected chi connectivity index (χ4v) is 2.69. The van der Waals surface area contributed by atoms with Crippen LogP contribution in [0.15, 0.2) is 48.5 Å². The monoisotopic (exact) mass is 323 g/mol. The molecular formula is C18H21N5O. The molecule has 0 spiro atoms. The number of nitrogens with zero attached hydrogens (tertiary/aromatic N) is 5. The van der Waals surface area contributed by atoms with Crippen LogP contribution >= 0.6 is 0 Å². The Morgan fingerprint density at radius 2 is 1.88 bits per heavy atom. The summed E-state index contributed by atoms with van der Waals surface area (Å²) in [5.74, 6) is 1.70. The second-order valence-corrected chi connectivity index (χ2v) is 5.83. The highest BCUT2D eigenvalue weighted by Crippen LogP contribution is 2.21. The van der Waals surface area contributed by atoms with E-state index in [9.17, 15) is 0 Å². The fourth-order valence-electron chi connectivity index (χ4n) is 2.69. The lowest BCUT2D eigenvalue weighted by Crippen LogP contribution is -2.20. The van der Waals surface area contributed by atoms with Gasteiger partial charge in [-0.2, -0.15) is 4.68 Å². The molecule has 0 saturated carbocycles. The Kier molecular flexibility index (Phi) is 4.86. The molecule has 0 radical (unpaired) electrons. The summed E-state index contributed by atoms with van der Waals surface area (Å²) < 4.78 is 7.23. The lowest BCUT2D eigenvalue weighted by Gasteiger charge is -2.18. The Morgan fingerprint density at radius 1 is 1.08 bits per heavy atom. The number of benzene rings is 2. The average Bonchev–Trinajstić information content (AvgIpc) is 3.04. The molecular weight excluding hydrogens is 302 g/mol. The molecule has 6 nitrogen and oxygen atoms in total. The van der Waals surface area contributed by atoms with Crippen LogP contribution in [0.5, 0.6) is 5.75 Å². The van der Waals surface area contributed by atoms with Crippen molar-refractivity contribution >= 4 is 0 Å². The van der Waals surface area contributed by atoms with Crippen LogP contribution in [0.1, 0.15) is 17.0 Å². The second-order valence-electron chi connectivity index (χ2n) is 5.83. The van der Waals surface area contributed by atoms with Crippen molar-refractivity contribution in [1.82, 2.24) is 25.1 Å². The molecule has 0 aliphatic carbocycles. The molecule has 0 saturated heterocycles. The Morgan fingerprint density at radius 3 is 2.62 bits per heavy atom. The van der Waals surface area contributed by atoms with Gasteiger partial charge in [0.15, 0.2) is 5.82 Å². The molecule has 0 bridgehead atoms. The topological polar surface area (TPSA) is 56.1 Å². The number of aryl methyl sites for hydroxylation is 1. The number of hydrogen-bond donors (Lipinski definition) is 0. The van der Waals surface area contributed by atoms with Crippen molar-refractivity contribution < 1.29 is 4.74 Å². The van der Waals surface area contributed by atoms with Gasteiger partial charge in [-0.3, -0.25) is 4.90 Å². The van der Waals surface area contributed by atoms with Gasteiger partial charge < -0.3 is 4.74 Å². The van der Waals surface area contributed by atoms with E-state index in [1.807, 2.05) is 43.4 Å². The summed E-state index contributed by atoms with van der Waals surface area (Å²) in [6.07, 6.45) is 0. The molecule has 0 N–H and O–H groups in total. The van der Waals surface area contributed by atoms with E-state index in [4.69, 9.17) is 4.74 Å². The maximum atomic E-state index is 5.46. The van der Waals surface area contributed by atoms with Gasteiger partial charge in [-0.25, -0.2) is 0 Å². The number of tetrazole rings is 1. The number of methoxy groups -OCH3 is 1. The molecule has 0 fully saturated rings. The molecule has 3 rings (SSSR count). The van der Waals surface area contributed by atoms with Crippen molar-refractivity contribution in [2.24, 2.45) is 0 Å². The van der Waals surface area contributed by atoms with Gasteiger partial charge in [0.1, 0.15) is 5.75 Å². The van der Waals surface area contributed by atoms with E-state index < -0.39 is 0 Å². The smallest absolute Gasteiger partial charge is 0.170 e. The molecule has 0 amide bonds. The van der Waals surface area contributed by atoms with E-state index in [1.165, 1.54) is 5.56 Å². The summed E-state index contributed by atoms with van der Waals surface area (Å²) in [6, 6.07) is 16.1. The molecule has 1 aromatic heterocycles. The van der Waals surface area contributed by atoms with Crippen molar-refractivity contribution in [3.05, 3.63) is 65.5 Å². The first kappa shape index (κ1) is 16.1.